The third-order valence-corrected chi connectivity index (χ3v) is 5.75. The van der Waals surface area contributed by atoms with E-state index in [2.05, 4.69) is 10.3 Å². The molecule has 1 saturated heterocycles. The fourth-order valence-corrected chi connectivity index (χ4v) is 4.19. The SMILES string of the molecule is O=S(=O)(c1ccc(F)cc1Cl)N1CC(n2cc(CO)nn2)C1. The summed E-state index contributed by atoms with van der Waals surface area (Å²) in [6, 6.07) is 3.03. The number of rotatable bonds is 4. The second-order valence-electron chi connectivity index (χ2n) is 4.90. The van der Waals surface area contributed by atoms with Crippen molar-refractivity contribution < 1.29 is 17.9 Å². The molecule has 3 rings (SSSR count). The quantitative estimate of drug-likeness (QED) is 0.885. The first-order valence-corrected chi connectivity index (χ1v) is 8.20. The van der Waals surface area contributed by atoms with Crippen LogP contribution in [0.15, 0.2) is 29.3 Å². The highest BCUT2D eigenvalue weighted by Crippen LogP contribution is 2.31. The molecule has 0 radical (unpaired) electrons. The molecule has 1 fully saturated rings. The fraction of sp³-hybridized carbons (Fsp3) is 0.333. The highest BCUT2D eigenvalue weighted by Gasteiger charge is 2.39. The largest absolute Gasteiger partial charge is 0.390 e. The molecular weight excluding hydrogens is 335 g/mol. The van der Waals surface area contributed by atoms with Gasteiger partial charge in [0.2, 0.25) is 10.0 Å². The van der Waals surface area contributed by atoms with Crippen molar-refractivity contribution in [3.63, 3.8) is 0 Å². The predicted molar refractivity (Wildman–Crippen MR) is 75.2 cm³/mol. The summed E-state index contributed by atoms with van der Waals surface area (Å²) in [5, 5.41) is 16.4. The minimum absolute atomic E-state index is 0.122. The lowest BCUT2D eigenvalue weighted by molar-refractivity contribution is 0.188. The molecule has 1 aromatic heterocycles. The Hall–Kier alpha value is -1.55. The number of nitrogens with zero attached hydrogens (tertiary/aromatic N) is 4. The number of hydrogen-bond donors (Lipinski definition) is 1. The number of aliphatic hydroxyl groups is 1. The molecule has 1 N–H and O–H groups in total. The van der Waals surface area contributed by atoms with E-state index in [0.29, 0.717) is 5.69 Å². The van der Waals surface area contributed by atoms with Crippen molar-refractivity contribution in [1.82, 2.24) is 19.3 Å². The molecular formula is C12H12ClFN4O3S. The molecule has 0 aliphatic carbocycles. The Bertz CT molecular complexity index is 804. The van der Waals surface area contributed by atoms with Gasteiger partial charge >= 0.3 is 0 Å². The van der Waals surface area contributed by atoms with E-state index in [4.69, 9.17) is 16.7 Å². The number of aliphatic hydroxyl groups excluding tert-OH is 1. The predicted octanol–water partition coefficient (Wildman–Crippen LogP) is 0.808. The topological polar surface area (TPSA) is 88.3 Å². The average molecular weight is 347 g/mol. The third-order valence-electron chi connectivity index (χ3n) is 3.43. The summed E-state index contributed by atoms with van der Waals surface area (Å²) in [4.78, 5) is -0.122. The van der Waals surface area contributed by atoms with Gasteiger partial charge in [-0.25, -0.2) is 17.5 Å². The summed E-state index contributed by atoms with van der Waals surface area (Å²) in [7, 11) is -3.77. The minimum atomic E-state index is -3.77. The third kappa shape index (κ3) is 2.60. The second kappa shape index (κ2) is 5.58. The molecule has 10 heteroatoms. The van der Waals surface area contributed by atoms with Crippen molar-refractivity contribution in [3.05, 3.63) is 40.9 Å². The summed E-state index contributed by atoms with van der Waals surface area (Å²) < 4.78 is 40.6. The average Bonchev–Trinajstić information content (AvgIpc) is 2.84. The normalized spacial score (nSPS) is 16.7. The van der Waals surface area contributed by atoms with Crippen molar-refractivity contribution in [2.75, 3.05) is 13.1 Å². The molecule has 0 unspecified atom stereocenters. The molecule has 1 aliphatic rings. The van der Waals surface area contributed by atoms with Crippen LogP contribution in [0.1, 0.15) is 11.7 Å². The van der Waals surface area contributed by atoms with E-state index in [1.807, 2.05) is 0 Å². The van der Waals surface area contributed by atoms with Gasteiger partial charge in [-0.1, -0.05) is 16.8 Å². The Balaban J connectivity index is 1.76. The number of benzene rings is 1. The first-order valence-electron chi connectivity index (χ1n) is 6.38. The van der Waals surface area contributed by atoms with E-state index in [9.17, 15) is 12.8 Å². The maximum Gasteiger partial charge on any atom is 0.244 e. The van der Waals surface area contributed by atoms with Crippen molar-refractivity contribution in [3.8, 4) is 0 Å². The zero-order chi connectivity index (χ0) is 15.9. The molecule has 0 saturated carbocycles. The fourth-order valence-electron chi connectivity index (χ4n) is 2.17. The van der Waals surface area contributed by atoms with Gasteiger partial charge in [0.25, 0.3) is 0 Å². The Labute approximate surface area is 131 Å². The molecule has 0 bridgehead atoms. The lowest BCUT2D eigenvalue weighted by atomic mass is 10.2. The molecule has 7 nitrogen and oxygen atoms in total. The van der Waals surface area contributed by atoms with Crippen LogP contribution in [-0.2, 0) is 16.6 Å². The van der Waals surface area contributed by atoms with Crippen LogP contribution in [-0.4, -0.2) is 45.9 Å². The van der Waals surface area contributed by atoms with Gasteiger partial charge in [-0.15, -0.1) is 5.10 Å². The van der Waals surface area contributed by atoms with Gasteiger partial charge in [-0.05, 0) is 18.2 Å². The molecule has 2 heterocycles. The van der Waals surface area contributed by atoms with Gasteiger partial charge in [-0.2, -0.15) is 4.31 Å². The van der Waals surface area contributed by atoms with E-state index in [1.54, 1.807) is 6.20 Å². The first-order chi connectivity index (χ1) is 10.4. The lowest BCUT2D eigenvalue weighted by Crippen LogP contribution is -2.50. The van der Waals surface area contributed by atoms with Crippen molar-refractivity contribution in [1.29, 1.82) is 0 Å². The zero-order valence-corrected chi connectivity index (χ0v) is 12.8. The Morgan fingerprint density at radius 3 is 2.73 bits per heavy atom. The van der Waals surface area contributed by atoms with Crippen LogP contribution in [0.5, 0.6) is 0 Å². The molecule has 0 spiro atoms. The molecule has 118 valence electrons. The van der Waals surface area contributed by atoms with Crippen molar-refractivity contribution >= 4 is 21.6 Å². The molecule has 0 amide bonds. The van der Waals surface area contributed by atoms with Gasteiger partial charge in [0.1, 0.15) is 16.4 Å². The van der Waals surface area contributed by atoms with E-state index in [-0.39, 0.29) is 35.7 Å². The van der Waals surface area contributed by atoms with Crippen LogP contribution in [0.4, 0.5) is 4.39 Å². The highest BCUT2D eigenvalue weighted by atomic mass is 35.5. The molecule has 1 aliphatic heterocycles. The van der Waals surface area contributed by atoms with E-state index in [1.165, 1.54) is 8.99 Å². The van der Waals surface area contributed by atoms with E-state index in [0.717, 1.165) is 18.2 Å². The Kier molecular flexibility index (Phi) is 3.89. The lowest BCUT2D eigenvalue weighted by Gasteiger charge is -2.37. The van der Waals surface area contributed by atoms with Crippen molar-refractivity contribution in [2.24, 2.45) is 0 Å². The number of hydrogen-bond acceptors (Lipinski definition) is 5. The van der Waals surface area contributed by atoms with Gasteiger partial charge in [-0.3, -0.25) is 0 Å². The molecule has 0 atom stereocenters. The number of sulfonamides is 1. The van der Waals surface area contributed by atoms with Crippen LogP contribution in [0.2, 0.25) is 5.02 Å². The summed E-state index contributed by atoms with van der Waals surface area (Å²) in [5.41, 5.74) is 0.419. The Morgan fingerprint density at radius 2 is 2.14 bits per heavy atom. The number of aromatic nitrogens is 3. The summed E-state index contributed by atoms with van der Waals surface area (Å²) in [5.74, 6) is -0.593. The highest BCUT2D eigenvalue weighted by molar-refractivity contribution is 7.89. The standard InChI is InChI=1S/C12H12ClFN4O3S/c13-11-3-8(14)1-2-12(11)22(20,21)17-5-10(6-17)18-4-9(7-19)15-16-18/h1-4,10,19H,5-7H2. The maximum atomic E-state index is 13.0. The smallest absolute Gasteiger partial charge is 0.244 e. The molecule has 22 heavy (non-hydrogen) atoms. The van der Waals surface area contributed by atoms with Crippen LogP contribution in [0, 0.1) is 5.82 Å². The van der Waals surface area contributed by atoms with E-state index >= 15 is 0 Å². The van der Waals surface area contributed by atoms with Crippen LogP contribution in [0.3, 0.4) is 0 Å². The van der Waals surface area contributed by atoms with E-state index < -0.39 is 15.8 Å². The number of halogens is 2. The van der Waals surface area contributed by atoms with Crippen molar-refractivity contribution in [2.45, 2.75) is 17.5 Å². The van der Waals surface area contributed by atoms with Crippen LogP contribution in [0.25, 0.3) is 0 Å². The second-order valence-corrected chi connectivity index (χ2v) is 7.21. The van der Waals surface area contributed by atoms with Gasteiger partial charge < -0.3 is 5.11 Å². The summed E-state index contributed by atoms with van der Waals surface area (Å²) in [6.07, 6.45) is 1.57. The Morgan fingerprint density at radius 1 is 1.41 bits per heavy atom. The van der Waals surface area contributed by atoms with Crippen LogP contribution < -0.4 is 0 Å². The molecule has 2 aromatic rings. The van der Waals surface area contributed by atoms with Crippen LogP contribution >= 0.6 is 11.6 Å². The minimum Gasteiger partial charge on any atom is -0.390 e. The van der Waals surface area contributed by atoms with Gasteiger partial charge in [0.15, 0.2) is 0 Å². The van der Waals surface area contributed by atoms with Gasteiger partial charge in [0.05, 0.1) is 23.9 Å². The molecule has 1 aromatic carbocycles. The zero-order valence-electron chi connectivity index (χ0n) is 11.2. The maximum absolute atomic E-state index is 13.0. The summed E-state index contributed by atoms with van der Waals surface area (Å²) >= 11 is 5.81. The first kappa shape index (κ1) is 15.3. The summed E-state index contributed by atoms with van der Waals surface area (Å²) in [6.45, 7) is 0.203. The monoisotopic (exact) mass is 346 g/mol. The van der Waals surface area contributed by atoms with Gasteiger partial charge in [0, 0.05) is 13.1 Å².